The average Bonchev–Trinajstić information content (AvgIpc) is 2.39. The molecule has 2 aromatic rings. The summed E-state index contributed by atoms with van der Waals surface area (Å²) in [5.74, 6) is -0.128. The second kappa shape index (κ2) is 5.48. The van der Waals surface area contributed by atoms with Crippen LogP contribution in [-0.2, 0) is 0 Å². The van der Waals surface area contributed by atoms with E-state index in [1.165, 1.54) is 18.0 Å². The summed E-state index contributed by atoms with van der Waals surface area (Å²) < 4.78 is 0. The van der Waals surface area contributed by atoms with Gasteiger partial charge in [-0.05, 0) is 23.6 Å². The third-order valence-corrected chi connectivity index (χ3v) is 2.74. The van der Waals surface area contributed by atoms with E-state index in [4.69, 9.17) is 5.11 Å². The lowest BCUT2D eigenvalue weighted by Crippen LogP contribution is -2.03. The van der Waals surface area contributed by atoms with E-state index in [2.05, 4.69) is 29.1 Å². The van der Waals surface area contributed by atoms with E-state index in [-0.39, 0.29) is 5.69 Å². The Morgan fingerprint density at radius 2 is 1.89 bits per heavy atom. The highest BCUT2D eigenvalue weighted by atomic mass is 16.4. The van der Waals surface area contributed by atoms with Gasteiger partial charge in [0.1, 0.15) is 12.1 Å². The summed E-state index contributed by atoms with van der Waals surface area (Å²) >= 11 is 0. The molecule has 98 valence electrons. The van der Waals surface area contributed by atoms with E-state index in [1.54, 1.807) is 0 Å². The van der Waals surface area contributed by atoms with E-state index >= 15 is 0 Å². The maximum atomic E-state index is 10.8. The van der Waals surface area contributed by atoms with Gasteiger partial charge in [0.25, 0.3) is 0 Å². The number of aromatic carboxylic acids is 1. The number of carboxylic acids is 1. The van der Waals surface area contributed by atoms with Gasteiger partial charge in [-0.1, -0.05) is 26.0 Å². The highest BCUT2D eigenvalue weighted by Gasteiger charge is 2.06. The first-order valence-corrected chi connectivity index (χ1v) is 5.98. The molecule has 5 nitrogen and oxygen atoms in total. The van der Waals surface area contributed by atoms with Gasteiger partial charge in [0, 0.05) is 11.8 Å². The van der Waals surface area contributed by atoms with Gasteiger partial charge in [-0.25, -0.2) is 14.8 Å². The predicted octanol–water partition coefficient (Wildman–Crippen LogP) is 3.04. The van der Waals surface area contributed by atoms with Gasteiger partial charge in [0.15, 0.2) is 5.69 Å². The van der Waals surface area contributed by atoms with Crippen LogP contribution >= 0.6 is 0 Å². The van der Waals surface area contributed by atoms with Crippen LogP contribution in [0, 0.1) is 0 Å². The van der Waals surface area contributed by atoms with Crippen molar-refractivity contribution in [2.24, 2.45) is 0 Å². The smallest absolute Gasteiger partial charge is 0.354 e. The van der Waals surface area contributed by atoms with Crippen LogP contribution in [0.3, 0.4) is 0 Å². The minimum atomic E-state index is -1.07. The van der Waals surface area contributed by atoms with Gasteiger partial charge in [0.05, 0.1) is 0 Å². The Morgan fingerprint density at radius 3 is 2.47 bits per heavy atom. The zero-order valence-electron chi connectivity index (χ0n) is 10.8. The molecule has 19 heavy (non-hydrogen) atoms. The van der Waals surface area contributed by atoms with Crippen molar-refractivity contribution in [1.29, 1.82) is 0 Å². The summed E-state index contributed by atoms with van der Waals surface area (Å²) in [4.78, 5) is 18.5. The summed E-state index contributed by atoms with van der Waals surface area (Å²) in [5, 5.41) is 11.9. The SMILES string of the molecule is CC(C)c1ccc(Nc2cc(C(=O)O)ncn2)cc1. The zero-order valence-corrected chi connectivity index (χ0v) is 10.8. The van der Waals surface area contributed by atoms with Crippen molar-refractivity contribution in [2.75, 3.05) is 5.32 Å². The highest BCUT2D eigenvalue weighted by molar-refractivity contribution is 5.86. The molecule has 1 aromatic heterocycles. The summed E-state index contributed by atoms with van der Waals surface area (Å²) in [5.41, 5.74) is 2.08. The Kier molecular flexibility index (Phi) is 3.75. The first-order chi connectivity index (χ1) is 9.06. The van der Waals surface area contributed by atoms with Crippen molar-refractivity contribution >= 4 is 17.5 Å². The number of hydrogen-bond acceptors (Lipinski definition) is 4. The third-order valence-electron chi connectivity index (χ3n) is 2.74. The van der Waals surface area contributed by atoms with Crippen molar-refractivity contribution in [3.05, 3.63) is 47.9 Å². The third kappa shape index (κ3) is 3.28. The Morgan fingerprint density at radius 1 is 1.21 bits per heavy atom. The molecule has 0 saturated heterocycles. The van der Waals surface area contributed by atoms with Crippen molar-refractivity contribution in [1.82, 2.24) is 9.97 Å². The normalized spacial score (nSPS) is 10.5. The second-order valence-corrected chi connectivity index (χ2v) is 4.50. The average molecular weight is 257 g/mol. The molecule has 0 radical (unpaired) electrons. The first-order valence-electron chi connectivity index (χ1n) is 5.98. The standard InChI is InChI=1S/C14H15N3O2/c1-9(2)10-3-5-11(6-4-10)17-13-7-12(14(18)19)15-8-16-13/h3-9H,1-2H3,(H,18,19)(H,15,16,17). The molecule has 0 amide bonds. The maximum Gasteiger partial charge on any atom is 0.354 e. The van der Waals surface area contributed by atoms with E-state index in [9.17, 15) is 4.79 Å². The number of carboxylic acid groups (broad SMARTS) is 1. The number of nitrogens with one attached hydrogen (secondary N) is 1. The Hall–Kier alpha value is -2.43. The predicted molar refractivity (Wildman–Crippen MR) is 72.8 cm³/mol. The molecule has 0 spiro atoms. The minimum absolute atomic E-state index is 0.0312. The molecule has 0 aliphatic carbocycles. The molecule has 0 atom stereocenters. The van der Waals surface area contributed by atoms with Gasteiger partial charge in [0.2, 0.25) is 0 Å². The Balaban J connectivity index is 2.16. The minimum Gasteiger partial charge on any atom is -0.477 e. The number of carbonyl (C=O) groups is 1. The second-order valence-electron chi connectivity index (χ2n) is 4.50. The number of rotatable bonds is 4. The summed E-state index contributed by atoms with van der Waals surface area (Å²) in [6.07, 6.45) is 1.23. The van der Waals surface area contributed by atoms with Crippen LogP contribution in [0.5, 0.6) is 0 Å². The summed E-state index contributed by atoms with van der Waals surface area (Å²) in [6.45, 7) is 4.26. The topological polar surface area (TPSA) is 75.1 Å². The molecular weight excluding hydrogens is 242 g/mol. The summed E-state index contributed by atoms with van der Waals surface area (Å²) in [6, 6.07) is 9.35. The Labute approximate surface area is 111 Å². The van der Waals surface area contributed by atoms with E-state index in [0.717, 1.165) is 5.69 Å². The van der Waals surface area contributed by atoms with Crippen LogP contribution in [0.4, 0.5) is 11.5 Å². The van der Waals surface area contributed by atoms with Gasteiger partial charge in [-0.2, -0.15) is 0 Å². The number of nitrogens with zero attached hydrogens (tertiary/aromatic N) is 2. The van der Waals surface area contributed by atoms with Gasteiger partial charge in [-0.15, -0.1) is 0 Å². The fourth-order valence-corrected chi connectivity index (χ4v) is 1.64. The monoisotopic (exact) mass is 257 g/mol. The molecular formula is C14H15N3O2. The van der Waals surface area contributed by atoms with Gasteiger partial charge in [-0.3, -0.25) is 0 Å². The fourth-order valence-electron chi connectivity index (χ4n) is 1.64. The molecule has 2 rings (SSSR count). The molecule has 5 heteroatoms. The van der Waals surface area contributed by atoms with Crippen LogP contribution in [-0.4, -0.2) is 21.0 Å². The van der Waals surface area contributed by atoms with Crippen LogP contribution in [0.2, 0.25) is 0 Å². The highest BCUT2D eigenvalue weighted by Crippen LogP contribution is 2.19. The molecule has 1 aromatic carbocycles. The largest absolute Gasteiger partial charge is 0.477 e. The lowest BCUT2D eigenvalue weighted by molar-refractivity contribution is 0.0690. The van der Waals surface area contributed by atoms with Crippen molar-refractivity contribution < 1.29 is 9.90 Å². The maximum absolute atomic E-state index is 10.8. The van der Waals surface area contributed by atoms with Crippen molar-refractivity contribution in [2.45, 2.75) is 19.8 Å². The summed E-state index contributed by atoms with van der Waals surface area (Å²) in [7, 11) is 0. The van der Waals surface area contributed by atoms with Crippen molar-refractivity contribution in [3.8, 4) is 0 Å². The molecule has 0 bridgehead atoms. The lowest BCUT2D eigenvalue weighted by atomic mass is 10.0. The molecule has 0 aliphatic rings. The number of anilines is 2. The molecule has 1 heterocycles. The fraction of sp³-hybridized carbons (Fsp3) is 0.214. The van der Waals surface area contributed by atoms with Gasteiger partial charge < -0.3 is 10.4 Å². The molecule has 0 saturated carbocycles. The Bertz CT molecular complexity index is 579. The van der Waals surface area contributed by atoms with Crippen LogP contribution in [0.1, 0.15) is 35.8 Å². The molecule has 2 N–H and O–H groups in total. The van der Waals surface area contributed by atoms with Crippen LogP contribution in [0.15, 0.2) is 36.7 Å². The van der Waals surface area contributed by atoms with Crippen LogP contribution in [0.25, 0.3) is 0 Å². The molecule has 0 unspecified atom stereocenters. The van der Waals surface area contributed by atoms with Crippen LogP contribution < -0.4 is 5.32 Å². The van der Waals surface area contributed by atoms with E-state index in [0.29, 0.717) is 11.7 Å². The quantitative estimate of drug-likeness (QED) is 0.880. The molecule has 0 aliphatic heterocycles. The van der Waals surface area contributed by atoms with E-state index in [1.807, 2.05) is 24.3 Å². The number of benzene rings is 1. The molecule has 0 fully saturated rings. The number of aromatic nitrogens is 2. The zero-order chi connectivity index (χ0) is 13.8. The van der Waals surface area contributed by atoms with Gasteiger partial charge >= 0.3 is 5.97 Å². The number of hydrogen-bond donors (Lipinski definition) is 2. The van der Waals surface area contributed by atoms with Crippen molar-refractivity contribution in [3.63, 3.8) is 0 Å². The van der Waals surface area contributed by atoms with E-state index < -0.39 is 5.97 Å². The lowest BCUT2D eigenvalue weighted by Gasteiger charge is -2.08. The first kappa shape index (κ1) is 13.0.